The van der Waals surface area contributed by atoms with Crippen LogP contribution in [0.5, 0.6) is 0 Å². The molecule has 150 valence electrons. The molecule has 0 atom stereocenters. The van der Waals surface area contributed by atoms with Crippen molar-refractivity contribution in [2.24, 2.45) is 0 Å². The molecule has 3 rings (SSSR count). The van der Waals surface area contributed by atoms with Crippen LogP contribution in [0.3, 0.4) is 0 Å². The Labute approximate surface area is 168 Å². The number of carbonyl (C=O) groups is 1. The Bertz CT molecular complexity index is 1140. The number of benzene rings is 1. The monoisotopic (exact) mass is 423 g/mol. The maximum absolute atomic E-state index is 11.9. The lowest BCUT2D eigenvalue weighted by molar-refractivity contribution is -0.115. The molecule has 2 N–H and O–H groups in total. The molecule has 0 aliphatic carbocycles. The molecule has 0 bridgehead atoms. The molecule has 0 saturated heterocycles. The van der Waals surface area contributed by atoms with Crippen LogP contribution in [-0.4, -0.2) is 46.1 Å². The van der Waals surface area contributed by atoms with E-state index in [1.165, 1.54) is 4.63 Å². The summed E-state index contributed by atoms with van der Waals surface area (Å²) in [6.07, 6.45) is 1.00. The van der Waals surface area contributed by atoms with Crippen molar-refractivity contribution in [3.8, 4) is 11.4 Å². The van der Waals surface area contributed by atoms with Crippen LogP contribution < -0.4 is 5.32 Å². The van der Waals surface area contributed by atoms with Crippen LogP contribution >= 0.6 is 11.6 Å². The molecule has 1 aromatic carbocycles. The third-order valence-electron chi connectivity index (χ3n) is 4.10. The molecule has 0 aliphatic rings. The van der Waals surface area contributed by atoms with E-state index in [0.717, 1.165) is 11.9 Å². The Morgan fingerprint density at radius 3 is 2.64 bits per heavy atom. The molecule has 8 nitrogen and oxygen atoms in total. The predicted molar refractivity (Wildman–Crippen MR) is 109 cm³/mol. The predicted octanol–water partition coefficient (Wildman–Crippen LogP) is 3.05. The molecule has 10 heteroatoms. The van der Waals surface area contributed by atoms with Crippen molar-refractivity contribution in [1.82, 2.24) is 19.8 Å². The second-order valence-corrected chi connectivity index (χ2v) is 10.4. The first-order chi connectivity index (χ1) is 12.9. The summed E-state index contributed by atoms with van der Waals surface area (Å²) in [5.74, 6) is -0.105. The highest BCUT2D eigenvalue weighted by Crippen LogP contribution is 2.32. The van der Waals surface area contributed by atoms with Crippen LogP contribution in [0.1, 0.15) is 32.9 Å². The van der Waals surface area contributed by atoms with Crippen molar-refractivity contribution >= 4 is 38.7 Å². The number of aromatic amines is 1. The minimum atomic E-state index is -3.19. The van der Waals surface area contributed by atoms with Crippen molar-refractivity contribution in [3.05, 3.63) is 35.0 Å². The maximum atomic E-state index is 11.9. The maximum Gasteiger partial charge on any atom is 0.225 e. The molecule has 2 heterocycles. The molecule has 0 aliphatic heterocycles. The summed E-state index contributed by atoms with van der Waals surface area (Å²) in [5, 5.41) is 10.8. The minimum absolute atomic E-state index is 0.0972. The van der Waals surface area contributed by atoms with E-state index in [0.29, 0.717) is 27.7 Å². The summed E-state index contributed by atoms with van der Waals surface area (Å²) in [7, 11) is -3.19. The Morgan fingerprint density at radius 1 is 1.32 bits per heavy atom. The minimum Gasteiger partial charge on any atom is -0.326 e. The van der Waals surface area contributed by atoms with Gasteiger partial charge in [0.25, 0.3) is 0 Å². The zero-order valence-electron chi connectivity index (χ0n) is 16.1. The zero-order chi connectivity index (χ0) is 20.7. The Morgan fingerprint density at radius 2 is 2.04 bits per heavy atom. The Balaban J connectivity index is 1.83. The quantitative estimate of drug-likeness (QED) is 0.655. The van der Waals surface area contributed by atoms with Gasteiger partial charge in [0.2, 0.25) is 5.91 Å². The van der Waals surface area contributed by atoms with Gasteiger partial charge in [-0.15, -0.1) is 5.10 Å². The number of nitrogens with zero attached hydrogens (tertiary/aromatic N) is 3. The number of anilines is 1. The number of amides is 1. The molecule has 0 spiro atoms. The fourth-order valence-electron chi connectivity index (χ4n) is 2.66. The van der Waals surface area contributed by atoms with Crippen LogP contribution in [0.15, 0.2) is 24.3 Å². The molecule has 3 aromatic rings. The van der Waals surface area contributed by atoms with E-state index >= 15 is 0 Å². The van der Waals surface area contributed by atoms with Crippen molar-refractivity contribution in [2.75, 3.05) is 17.3 Å². The molecule has 28 heavy (non-hydrogen) atoms. The van der Waals surface area contributed by atoms with Crippen LogP contribution in [0.4, 0.5) is 5.69 Å². The molecule has 1 amide bonds. The fourth-order valence-corrected chi connectivity index (χ4v) is 3.66. The molecule has 2 aromatic heterocycles. The highest BCUT2D eigenvalue weighted by molar-refractivity contribution is 7.90. The average molecular weight is 424 g/mol. The van der Waals surface area contributed by atoms with Crippen LogP contribution in [0.2, 0.25) is 5.02 Å². The second-order valence-electron chi connectivity index (χ2n) is 7.73. The first-order valence-corrected chi connectivity index (χ1v) is 11.1. The molecule has 0 saturated carbocycles. The highest BCUT2D eigenvalue weighted by atomic mass is 35.5. The van der Waals surface area contributed by atoms with Crippen molar-refractivity contribution in [2.45, 2.75) is 32.6 Å². The van der Waals surface area contributed by atoms with E-state index in [4.69, 9.17) is 11.6 Å². The van der Waals surface area contributed by atoms with Gasteiger partial charge in [-0.3, -0.25) is 9.89 Å². The van der Waals surface area contributed by atoms with Gasteiger partial charge in [-0.05, 0) is 12.1 Å². The number of carbonyl (C=O) groups excluding carboxylic acids is 1. The van der Waals surface area contributed by atoms with Gasteiger partial charge in [0.05, 0.1) is 11.4 Å². The number of H-pyrrole nitrogens is 1. The summed E-state index contributed by atoms with van der Waals surface area (Å²) in [6.45, 7) is 6.13. The van der Waals surface area contributed by atoms with E-state index in [1.807, 2.05) is 26.8 Å². The SMILES string of the molecule is CC(C)(C)c1[nH]n2nc(-c3cccc(NC(=O)CCS(C)(=O)=O)c3)nc2c1Cl. The van der Waals surface area contributed by atoms with Gasteiger partial charge in [-0.2, -0.15) is 4.63 Å². The smallest absolute Gasteiger partial charge is 0.225 e. The fraction of sp³-hybridized carbons (Fsp3) is 0.389. The standard InChI is InChI=1S/C18H22ClN5O3S/c1-18(2,3)15-14(19)17-21-16(23-24(17)22-15)11-6-5-7-12(10-11)20-13(25)8-9-28(4,26)27/h5-7,10,22H,8-9H2,1-4H3,(H,20,25). The van der Waals surface area contributed by atoms with Crippen molar-refractivity contribution < 1.29 is 13.2 Å². The topological polar surface area (TPSA) is 109 Å². The first kappa shape index (κ1) is 20.3. The molecule has 0 unspecified atom stereocenters. The number of hydrogen-bond acceptors (Lipinski definition) is 5. The Kier molecular flexibility index (Phi) is 5.24. The number of sulfone groups is 1. The van der Waals surface area contributed by atoms with Gasteiger partial charge in [0.1, 0.15) is 14.9 Å². The number of aromatic nitrogens is 4. The Hall–Kier alpha value is -2.39. The second kappa shape index (κ2) is 7.21. The summed E-state index contributed by atoms with van der Waals surface area (Å²) >= 11 is 6.45. The van der Waals surface area contributed by atoms with Crippen LogP contribution in [-0.2, 0) is 20.0 Å². The lowest BCUT2D eigenvalue weighted by Crippen LogP contribution is -2.16. The van der Waals surface area contributed by atoms with E-state index in [2.05, 4.69) is 20.5 Å². The van der Waals surface area contributed by atoms with Crippen molar-refractivity contribution in [3.63, 3.8) is 0 Å². The highest BCUT2D eigenvalue weighted by Gasteiger charge is 2.24. The summed E-state index contributed by atoms with van der Waals surface area (Å²) in [6, 6.07) is 7.03. The van der Waals surface area contributed by atoms with E-state index in [-0.39, 0.29) is 23.5 Å². The summed E-state index contributed by atoms with van der Waals surface area (Å²) in [4.78, 5) is 16.5. The zero-order valence-corrected chi connectivity index (χ0v) is 17.6. The van der Waals surface area contributed by atoms with Gasteiger partial charge in [-0.1, -0.05) is 44.5 Å². The van der Waals surface area contributed by atoms with E-state index < -0.39 is 9.84 Å². The van der Waals surface area contributed by atoms with Crippen LogP contribution in [0, 0.1) is 0 Å². The van der Waals surface area contributed by atoms with Gasteiger partial charge >= 0.3 is 0 Å². The lowest BCUT2D eigenvalue weighted by atomic mass is 9.92. The average Bonchev–Trinajstić information content (AvgIpc) is 3.12. The number of halogens is 1. The number of rotatable bonds is 5. The number of nitrogens with one attached hydrogen (secondary N) is 2. The largest absolute Gasteiger partial charge is 0.326 e. The van der Waals surface area contributed by atoms with Gasteiger partial charge in [-0.25, -0.2) is 13.4 Å². The third-order valence-corrected chi connectivity index (χ3v) is 5.40. The van der Waals surface area contributed by atoms with E-state index in [1.54, 1.807) is 18.2 Å². The molecular formula is C18H22ClN5O3S. The summed E-state index contributed by atoms with van der Waals surface area (Å²) < 4.78 is 23.9. The number of fused-ring (bicyclic) bond motifs is 1. The number of hydrogen-bond donors (Lipinski definition) is 2. The molecule has 0 radical (unpaired) electrons. The van der Waals surface area contributed by atoms with E-state index in [9.17, 15) is 13.2 Å². The molecule has 0 fully saturated rings. The van der Waals surface area contributed by atoms with Gasteiger partial charge in [0.15, 0.2) is 11.5 Å². The summed E-state index contributed by atoms with van der Waals surface area (Å²) in [5.41, 5.74) is 2.45. The normalized spacial score (nSPS) is 12.5. The van der Waals surface area contributed by atoms with Gasteiger partial charge in [0, 0.05) is 29.3 Å². The third kappa shape index (κ3) is 4.53. The van der Waals surface area contributed by atoms with Crippen molar-refractivity contribution in [1.29, 1.82) is 0 Å². The van der Waals surface area contributed by atoms with Gasteiger partial charge < -0.3 is 5.32 Å². The lowest BCUT2D eigenvalue weighted by Gasteiger charge is -2.16. The first-order valence-electron chi connectivity index (χ1n) is 8.67. The van der Waals surface area contributed by atoms with Crippen LogP contribution in [0.25, 0.3) is 17.0 Å². The molecular weight excluding hydrogens is 402 g/mol.